The fraction of sp³-hybridized carbons (Fsp3) is 0.600. The van der Waals surface area contributed by atoms with E-state index in [1.807, 2.05) is 0 Å². The maximum absolute atomic E-state index is 12.8. The van der Waals surface area contributed by atoms with Crippen LogP contribution in [0.3, 0.4) is 0 Å². The lowest BCUT2D eigenvalue weighted by atomic mass is 9.87. The van der Waals surface area contributed by atoms with Gasteiger partial charge in [0.1, 0.15) is 5.82 Å². The molecule has 0 radical (unpaired) electrons. The fourth-order valence-electron chi connectivity index (χ4n) is 2.74. The van der Waals surface area contributed by atoms with Crippen molar-refractivity contribution in [1.29, 1.82) is 0 Å². The molecule has 0 aromatic heterocycles. The fourth-order valence-corrected chi connectivity index (χ4v) is 2.74. The molecule has 0 saturated carbocycles. The summed E-state index contributed by atoms with van der Waals surface area (Å²) < 4.78 is 12.8. The van der Waals surface area contributed by atoms with Crippen LogP contribution in [0.25, 0.3) is 0 Å². The Bertz CT molecular complexity index is 357. The van der Waals surface area contributed by atoms with Gasteiger partial charge < -0.3 is 10.0 Å². The number of nitrogens with zero attached hydrogens (tertiary/aromatic N) is 1. The van der Waals surface area contributed by atoms with Crippen LogP contribution in [-0.4, -0.2) is 29.6 Å². The Hall–Kier alpha value is -0.930. The molecule has 0 amide bonds. The van der Waals surface area contributed by atoms with Gasteiger partial charge in [0.05, 0.1) is 6.10 Å². The van der Waals surface area contributed by atoms with Crippen molar-refractivity contribution in [3.05, 3.63) is 35.6 Å². The molecule has 1 aromatic carbocycles. The van der Waals surface area contributed by atoms with Gasteiger partial charge in [-0.1, -0.05) is 19.1 Å². The Morgan fingerprint density at radius 2 is 1.89 bits per heavy atom. The summed E-state index contributed by atoms with van der Waals surface area (Å²) in [6.07, 6.45) is 2.79. The maximum Gasteiger partial charge on any atom is 0.123 e. The van der Waals surface area contributed by atoms with Crippen molar-refractivity contribution in [2.24, 2.45) is 5.92 Å². The predicted molar refractivity (Wildman–Crippen MR) is 70.8 cm³/mol. The lowest BCUT2D eigenvalue weighted by Gasteiger charge is -2.34. The first kappa shape index (κ1) is 13.5. The molecule has 1 aliphatic heterocycles. The molecular weight excluding hydrogens is 229 g/mol. The topological polar surface area (TPSA) is 23.5 Å². The Labute approximate surface area is 108 Å². The van der Waals surface area contributed by atoms with Gasteiger partial charge >= 0.3 is 0 Å². The van der Waals surface area contributed by atoms with E-state index in [0.29, 0.717) is 5.92 Å². The van der Waals surface area contributed by atoms with Gasteiger partial charge in [-0.25, -0.2) is 4.39 Å². The van der Waals surface area contributed by atoms with Gasteiger partial charge in [0.15, 0.2) is 0 Å². The summed E-state index contributed by atoms with van der Waals surface area (Å²) in [4.78, 5) is 2.45. The summed E-state index contributed by atoms with van der Waals surface area (Å²) in [5.41, 5.74) is 0.838. The maximum atomic E-state index is 12.8. The van der Waals surface area contributed by atoms with Gasteiger partial charge in [0, 0.05) is 0 Å². The van der Waals surface area contributed by atoms with E-state index < -0.39 is 6.10 Å². The molecule has 1 heterocycles. The summed E-state index contributed by atoms with van der Waals surface area (Å²) >= 11 is 0. The predicted octanol–water partition coefficient (Wildman–Crippen LogP) is 2.98. The molecule has 1 saturated heterocycles. The molecule has 1 N–H and O–H groups in total. The van der Waals surface area contributed by atoms with Gasteiger partial charge in [-0.15, -0.1) is 0 Å². The Morgan fingerprint density at radius 1 is 1.28 bits per heavy atom. The first-order valence-electron chi connectivity index (χ1n) is 6.86. The lowest BCUT2D eigenvalue weighted by molar-refractivity contribution is 0.0589. The van der Waals surface area contributed by atoms with Crippen molar-refractivity contribution in [3.63, 3.8) is 0 Å². The van der Waals surface area contributed by atoms with Gasteiger partial charge in [0.2, 0.25) is 0 Å². The molecular formula is C15H22FNO. The second-order valence-electron chi connectivity index (χ2n) is 5.18. The van der Waals surface area contributed by atoms with E-state index in [-0.39, 0.29) is 5.82 Å². The molecule has 18 heavy (non-hydrogen) atoms. The number of halogens is 1. The number of rotatable bonds is 4. The summed E-state index contributed by atoms with van der Waals surface area (Å²) in [7, 11) is 0. The van der Waals surface area contributed by atoms with Crippen molar-refractivity contribution in [1.82, 2.24) is 4.90 Å². The summed E-state index contributed by atoms with van der Waals surface area (Å²) in [5.74, 6) is 0.0623. The zero-order valence-electron chi connectivity index (χ0n) is 11.0. The molecule has 1 fully saturated rings. The lowest BCUT2D eigenvalue weighted by Crippen LogP contribution is -2.36. The third kappa shape index (κ3) is 3.30. The molecule has 1 unspecified atom stereocenters. The van der Waals surface area contributed by atoms with Gasteiger partial charge in [-0.2, -0.15) is 0 Å². The van der Waals surface area contributed by atoms with E-state index in [0.717, 1.165) is 38.0 Å². The zero-order chi connectivity index (χ0) is 13.0. The van der Waals surface area contributed by atoms with E-state index in [4.69, 9.17) is 0 Å². The first-order valence-corrected chi connectivity index (χ1v) is 6.86. The summed E-state index contributed by atoms with van der Waals surface area (Å²) in [5, 5.41) is 10.3. The van der Waals surface area contributed by atoms with Crippen molar-refractivity contribution in [2.45, 2.75) is 32.3 Å². The van der Waals surface area contributed by atoms with E-state index >= 15 is 0 Å². The van der Waals surface area contributed by atoms with Crippen LogP contribution in [0, 0.1) is 11.7 Å². The third-order valence-electron chi connectivity index (χ3n) is 3.83. The smallest absolute Gasteiger partial charge is 0.123 e. The van der Waals surface area contributed by atoms with Crippen LogP contribution >= 0.6 is 0 Å². The minimum absolute atomic E-state index is 0.247. The van der Waals surface area contributed by atoms with E-state index in [2.05, 4.69) is 11.8 Å². The van der Waals surface area contributed by atoms with Crippen LogP contribution in [0.15, 0.2) is 24.3 Å². The first-order chi connectivity index (χ1) is 8.70. The number of benzene rings is 1. The molecule has 0 aliphatic carbocycles. The van der Waals surface area contributed by atoms with Crippen molar-refractivity contribution in [3.8, 4) is 0 Å². The molecule has 2 nitrogen and oxygen atoms in total. The van der Waals surface area contributed by atoms with Crippen LogP contribution < -0.4 is 0 Å². The van der Waals surface area contributed by atoms with Gasteiger partial charge in [-0.3, -0.25) is 0 Å². The van der Waals surface area contributed by atoms with E-state index in [1.165, 1.54) is 18.6 Å². The minimum atomic E-state index is -0.450. The van der Waals surface area contributed by atoms with Crippen LogP contribution in [0.4, 0.5) is 4.39 Å². The number of piperidine rings is 1. The second-order valence-corrected chi connectivity index (χ2v) is 5.18. The summed E-state index contributed by atoms with van der Waals surface area (Å²) in [6.45, 7) is 5.48. The van der Waals surface area contributed by atoms with Crippen molar-refractivity contribution < 1.29 is 9.50 Å². The third-order valence-corrected chi connectivity index (χ3v) is 3.83. The van der Waals surface area contributed by atoms with Crippen LogP contribution in [0.2, 0.25) is 0 Å². The van der Waals surface area contributed by atoms with Crippen LogP contribution in [0.5, 0.6) is 0 Å². The van der Waals surface area contributed by atoms with Crippen molar-refractivity contribution in [2.75, 3.05) is 19.6 Å². The zero-order valence-corrected chi connectivity index (χ0v) is 11.0. The largest absolute Gasteiger partial charge is 0.388 e. The quantitative estimate of drug-likeness (QED) is 0.889. The highest BCUT2D eigenvalue weighted by Crippen LogP contribution is 2.30. The highest BCUT2D eigenvalue weighted by molar-refractivity contribution is 5.19. The Balaban J connectivity index is 1.91. The molecule has 1 aliphatic rings. The monoisotopic (exact) mass is 251 g/mol. The summed E-state index contributed by atoms with van der Waals surface area (Å²) in [6, 6.07) is 6.23. The average molecular weight is 251 g/mol. The molecule has 2 rings (SSSR count). The number of aliphatic hydroxyl groups is 1. The Kier molecular flexibility index (Phi) is 4.72. The SMILES string of the molecule is CCCN1CCC(C(O)c2ccc(F)cc2)CC1. The van der Waals surface area contributed by atoms with E-state index in [9.17, 15) is 9.50 Å². The molecule has 0 bridgehead atoms. The van der Waals surface area contributed by atoms with Gasteiger partial charge in [0.25, 0.3) is 0 Å². The number of hydrogen-bond acceptors (Lipinski definition) is 2. The molecule has 1 atom stereocenters. The second kappa shape index (κ2) is 6.30. The highest BCUT2D eigenvalue weighted by atomic mass is 19.1. The number of likely N-dealkylation sites (tertiary alicyclic amines) is 1. The molecule has 1 aromatic rings. The average Bonchev–Trinajstić information content (AvgIpc) is 2.40. The normalized spacial score (nSPS) is 19.9. The Morgan fingerprint density at radius 3 is 2.44 bits per heavy atom. The standard InChI is InChI=1S/C15H22FNO/c1-2-9-17-10-7-13(8-11-17)15(18)12-3-5-14(16)6-4-12/h3-6,13,15,18H,2,7-11H2,1H3. The number of aliphatic hydroxyl groups excluding tert-OH is 1. The molecule has 3 heteroatoms. The van der Waals surface area contributed by atoms with Crippen LogP contribution in [-0.2, 0) is 0 Å². The van der Waals surface area contributed by atoms with Gasteiger partial charge in [-0.05, 0) is 62.5 Å². The number of hydrogen-bond donors (Lipinski definition) is 1. The van der Waals surface area contributed by atoms with E-state index in [1.54, 1.807) is 12.1 Å². The molecule has 0 spiro atoms. The van der Waals surface area contributed by atoms with Crippen LogP contribution in [0.1, 0.15) is 37.9 Å². The minimum Gasteiger partial charge on any atom is -0.388 e. The molecule has 100 valence electrons. The highest BCUT2D eigenvalue weighted by Gasteiger charge is 2.25. The van der Waals surface area contributed by atoms with Crippen molar-refractivity contribution >= 4 is 0 Å².